The van der Waals surface area contributed by atoms with E-state index >= 15 is 0 Å². The Morgan fingerprint density at radius 2 is 2.40 bits per heavy atom. The molecule has 0 aromatic carbocycles. The van der Waals surface area contributed by atoms with Gasteiger partial charge in [0.2, 0.25) is 0 Å². The van der Waals surface area contributed by atoms with Crippen LogP contribution in [0.5, 0.6) is 5.75 Å². The Morgan fingerprint density at radius 1 is 1.47 bits per heavy atom. The first-order valence-electron chi connectivity index (χ1n) is 5.31. The highest BCUT2D eigenvalue weighted by Crippen LogP contribution is 2.37. The lowest BCUT2D eigenvalue weighted by atomic mass is 9.89. The number of allylic oxidation sites excluding steroid dienone is 1. The van der Waals surface area contributed by atoms with E-state index in [0.717, 1.165) is 18.2 Å². The van der Waals surface area contributed by atoms with Crippen molar-refractivity contribution < 1.29 is 4.74 Å². The molecular formula is C12H14N2O. The molecule has 0 radical (unpaired) electrons. The highest BCUT2D eigenvalue weighted by Gasteiger charge is 2.37. The summed E-state index contributed by atoms with van der Waals surface area (Å²) < 4.78 is 5.18. The summed E-state index contributed by atoms with van der Waals surface area (Å²) in [7, 11) is 1.67. The van der Waals surface area contributed by atoms with Crippen LogP contribution in [0.25, 0.3) is 5.57 Å². The van der Waals surface area contributed by atoms with Crippen molar-refractivity contribution in [2.75, 3.05) is 13.7 Å². The number of nitrogens with one attached hydrogen (secondary N) is 1. The van der Waals surface area contributed by atoms with Gasteiger partial charge in [0, 0.05) is 24.3 Å². The second-order valence-corrected chi connectivity index (χ2v) is 4.15. The summed E-state index contributed by atoms with van der Waals surface area (Å²) in [6.45, 7) is 1.15. The number of hydrogen-bond donors (Lipinski definition) is 1. The van der Waals surface area contributed by atoms with Gasteiger partial charge in [-0.3, -0.25) is 4.98 Å². The number of ether oxygens (including phenoxy) is 1. The minimum absolute atomic E-state index is 0.555. The first-order valence-corrected chi connectivity index (χ1v) is 5.31. The number of pyridine rings is 1. The fourth-order valence-electron chi connectivity index (χ4n) is 2.38. The van der Waals surface area contributed by atoms with E-state index in [0.29, 0.717) is 6.04 Å². The Hall–Kier alpha value is -1.35. The molecule has 1 aromatic heterocycles. The molecule has 1 aliphatic heterocycles. The van der Waals surface area contributed by atoms with Crippen LogP contribution in [0.3, 0.4) is 0 Å². The molecule has 2 atom stereocenters. The molecule has 1 fully saturated rings. The molecule has 1 aromatic rings. The van der Waals surface area contributed by atoms with Gasteiger partial charge < -0.3 is 10.1 Å². The van der Waals surface area contributed by atoms with Gasteiger partial charge in [-0.05, 0) is 24.0 Å². The maximum absolute atomic E-state index is 5.18. The summed E-state index contributed by atoms with van der Waals surface area (Å²) in [5, 5.41) is 3.46. The molecule has 0 amide bonds. The van der Waals surface area contributed by atoms with Crippen molar-refractivity contribution in [2.45, 2.75) is 12.5 Å². The van der Waals surface area contributed by atoms with Gasteiger partial charge in [0.1, 0.15) is 5.75 Å². The summed E-state index contributed by atoms with van der Waals surface area (Å²) in [6, 6.07) is 2.61. The first kappa shape index (κ1) is 8.92. The molecule has 1 aliphatic carbocycles. The Labute approximate surface area is 89.2 Å². The van der Waals surface area contributed by atoms with E-state index in [-0.39, 0.29) is 0 Å². The first-order chi connectivity index (χ1) is 7.38. The summed E-state index contributed by atoms with van der Waals surface area (Å²) in [4.78, 5) is 4.19. The lowest BCUT2D eigenvalue weighted by Crippen LogP contribution is -2.50. The van der Waals surface area contributed by atoms with Gasteiger partial charge in [0.25, 0.3) is 0 Å². The molecule has 0 bridgehead atoms. The number of rotatable bonds is 2. The van der Waals surface area contributed by atoms with Crippen LogP contribution in [0.2, 0.25) is 0 Å². The zero-order valence-electron chi connectivity index (χ0n) is 8.73. The van der Waals surface area contributed by atoms with E-state index in [1.807, 2.05) is 6.20 Å². The van der Waals surface area contributed by atoms with Crippen LogP contribution in [0.1, 0.15) is 12.0 Å². The van der Waals surface area contributed by atoms with E-state index in [4.69, 9.17) is 4.74 Å². The summed E-state index contributed by atoms with van der Waals surface area (Å²) in [6.07, 6.45) is 7.18. The Morgan fingerprint density at radius 3 is 3.07 bits per heavy atom. The van der Waals surface area contributed by atoms with E-state index in [2.05, 4.69) is 22.4 Å². The molecule has 15 heavy (non-hydrogen) atoms. The predicted molar refractivity (Wildman–Crippen MR) is 58.7 cm³/mol. The van der Waals surface area contributed by atoms with Crippen LogP contribution in [0.4, 0.5) is 0 Å². The van der Waals surface area contributed by atoms with Crippen LogP contribution in [0.15, 0.2) is 24.5 Å². The maximum atomic E-state index is 5.18. The fraction of sp³-hybridized carbons (Fsp3) is 0.417. The normalized spacial score (nSPS) is 27.9. The quantitative estimate of drug-likeness (QED) is 0.788. The molecular weight excluding hydrogens is 188 g/mol. The smallest absolute Gasteiger partial charge is 0.137 e. The van der Waals surface area contributed by atoms with E-state index < -0.39 is 0 Å². The average Bonchev–Trinajstić information content (AvgIpc) is 2.54. The number of fused-ring (bicyclic) bond motifs is 1. The third-order valence-corrected chi connectivity index (χ3v) is 3.33. The van der Waals surface area contributed by atoms with Gasteiger partial charge in [0.15, 0.2) is 0 Å². The molecule has 2 unspecified atom stereocenters. The van der Waals surface area contributed by atoms with Crippen molar-refractivity contribution in [1.29, 1.82) is 0 Å². The highest BCUT2D eigenvalue weighted by molar-refractivity contribution is 5.73. The third-order valence-electron chi connectivity index (χ3n) is 3.33. The van der Waals surface area contributed by atoms with Crippen LogP contribution in [-0.2, 0) is 0 Å². The average molecular weight is 202 g/mol. The van der Waals surface area contributed by atoms with Crippen molar-refractivity contribution in [3.63, 3.8) is 0 Å². The van der Waals surface area contributed by atoms with Crippen molar-refractivity contribution in [2.24, 2.45) is 5.92 Å². The Balaban J connectivity index is 1.92. The van der Waals surface area contributed by atoms with Crippen molar-refractivity contribution in [1.82, 2.24) is 10.3 Å². The Bertz CT molecular complexity index is 414. The monoisotopic (exact) mass is 202 g/mol. The van der Waals surface area contributed by atoms with Crippen LogP contribution < -0.4 is 10.1 Å². The predicted octanol–water partition coefficient (Wildman–Crippen LogP) is 1.47. The van der Waals surface area contributed by atoms with Gasteiger partial charge >= 0.3 is 0 Å². The molecule has 3 nitrogen and oxygen atoms in total. The second-order valence-electron chi connectivity index (χ2n) is 4.15. The van der Waals surface area contributed by atoms with Crippen molar-refractivity contribution in [3.8, 4) is 5.75 Å². The number of aromatic nitrogens is 1. The molecule has 3 heteroatoms. The maximum Gasteiger partial charge on any atom is 0.137 e. The fourth-order valence-corrected chi connectivity index (χ4v) is 2.38. The van der Waals surface area contributed by atoms with Crippen molar-refractivity contribution >= 4 is 5.57 Å². The lowest BCUT2D eigenvalue weighted by molar-refractivity contribution is 0.306. The molecule has 2 heterocycles. The largest absolute Gasteiger partial charge is 0.495 e. The molecule has 2 aliphatic rings. The Kier molecular flexibility index (Phi) is 1.99. The van der Waals surface area contributed by atoms with Gasteiger partial charge in [-0.2, -0.15) is 0 Å². The number of hydrogen-bond acceptors (Lipinski definition) is 3. The van der Waals surface area contributed by atoms with E-state index in [9.17, 15) is 0 Å². The topological polar surface area (TPSA) is 34.1 Å². The highest BCUT2D eigenvalue weighted by atomic mass is 16.5. The van der Waals surface area contributed by atoms with E-state index in [1.54, 1.807) is 13.3 Å². The standard InChI is InChI=1S/C12H14N2O/c1-15-10-4-9(5-13-7-10)11-3-2-8-6-14-12(8)11/h3-5,7-8,12,14H,2,6H2,1H3. The lowest BCUT2D eigenvalue weighted by Gasteiger charge is -2.34. The van der Waals surface area contributed by atoms with Gasteiger partial charge in [-0.1, -0.05) is 6.08 Å². The van der Waals surface area contributed by atoms with Gasteiger partial charge in [-0.15, -0.1) is 0 Å². The SMILES string of the molecule is COc1cncc(C2=CCC3CNC23)c1. The van der Waals surface area contributed by atoms with Gasteiger partial charge in [-0.25, -0.2) is 0 Å². The van der Waals surface area contributed by atoms with Crippen LogP contribution in [-0.4, -0.2) is 24.7 Å². The molecule has 0 saturated carbocycles. The minimum atomic E-state index is 0.555. The summed E-state index contributed by atoms with van der Waals surface area (Å²) in [5.41, 5.74) is 2.58. The van der Waals surface area contributed by atoms with Crippen LogP contribution in [0, 0.1) is 5.92 Å². The van der Waals surface area contributed by atoms with Gasteiger partial charge in [0.05, 0.1) is 13.3 Å². The zero-order valence-corrected chi connectivity index (χ0v) is 8.73. The number of methoxy groups -OCH3 is 1. The second kappa shape index (κ2) is 3.35. The molecule has 78 valence electrons. The summed E-state index contributed by atoms with van der Waals surface area (Å²) >= 11 is 0. The number of nitrogens with zero attached hydrogens (tertiary/aromatic N) is 1. The molecule has 1 saturated heterocycles. The minimum Gasteiger partial charge on any atom is -0.495 e. The third kappa shape index (κ3) is 1.35. The zero-order chi connectivity index (χ0) is 10.3. The van der Waals surface area contributed by atoms with E-state index in [1.165, 1.54) is 17.6 Å². The van der Waals surface area contributed by atoms with Crippen molar-refractivity contribution in [3.05, 3.63) is 30.1 Å². The van der Waals surface area contributed by atoms with Crippen LogP contribution >= 0.6 is 0 Å². The molecule has 3 rings (SSSR count). The molecule has 0 spiro atoms. The summed E-state index contributed by atoms with van der Waals surface area (Å²) in [5.74, 6) is 1.64. The molecule has 1 N–H and O–H groups in total.